The number of alkyl halides is 1. The van der Waals surface area contributed by atoms with Crippen LogP contribution in [0.15, 0.2) is 24.3 Å². The number of hydrogen-bond acceptors (Lipinski definition) is 7. The van der Waals surface area contributed by atoms with Crippen molar-refractivity contribution >= 4 is 23.7 Å². The van der Waals surface area contributed by atoms with E-state index in [4.69, 9.17) is 30.5 Å². The molecule has 0 amide bonds. The van der Waals surface area contributed by atoms with Crippen molar-refractivity contribution in [3.05, 3.63) is 35.4 Å². The molecule has 0 saturated carbocycles. The molecular formula is C17H23ClO7. The zero-order valence-corrected chi connectivity index (χ0v) is 15.1. The number of benzene rings is 1. The largest absolute Gasteiger partial charge is 0.508 e. The van der Waals surface area contributed by atoms with Crippen molar-refractivity contribution in [2.75, 3.05) is 33.5 Å². The molecule has 0 bridgehead atoms. The number of methoxy groups -OCH3 is 1. The maximum atomic E-state index is 12.2. The molecule has 1 aromatic carbocycles. The molecule has 0 saturated heterocycles. The van der Waals surface area contributed by atoms with E-state index < -0.39 is 24.1 Å². The van der Waals surface area contributed by atoms with Gasteiger partial charge in [0.15, 0.2) is 0 Å². The monoisotopic (exact) mass is 374 g/mol. The van der Waals surface area contributed by atoms with Crippen molar-refractivity contribution in [3.8, 4) is 0 Å². The molecule has 0 aliphatic carbocycles. The summed E-state index contributed by atoms with van der Waals surface area (Å²) >= 11 is 5.71. The van der Waals surface area contributed by atoms with Gasteiger partial charge in [-0.25, -0.2) is 4.79 Å². The number of carbonyl (C=O) groups is 2. The summed E-state index contributed by atoms with van der Waals surface area (Å²) in [5.41, 5.74) is 0.357. The fraction of sp³-hybridized carbons (Fsp3) is 0.529. The number of aliphatic hydroxyl groups excluding tert-OH is 1. The molecule has 0 aromatic heterocycles. The van der Waals surface area contributed by atoms with Gasteiger partial charge < -0.3 is 24.1 Å². The van der Waals surface area contributed by atoms with E-state index >= 15 is 0 Å². The number of aliphatic hydroxyl groups is 1. The van der Waals surface area contributed by atoms with Crippen molar-refractivity contribution < 1.29 is 33.6 Å². The predicted molar refractivity (Wildman–Crippen MR) is 90.2 cm³/mol. The lowest BCUT2D eigenvalue weighted by atomic mass is 9.93. The van der Waals surface area contributed by atoms with Crippen molar-refractivity contribution in [2.24, 2.45) is 5.41 Å². The minimum absolute atomic E-state index is 0.0356. The van der Waals surface area contributed by atoms with Crippen molar-refractivity contribution in [3.63, 3.8) is 0 Å². The first-order valence-electron chi connectivity index (χ1n) is 7.65. The Bertz CT molecular complexity index is 546. The van der Waals surface area contributed by atoms with Crippen LogP contribution < -0.4 is 0 Å². The van der Waals surface area contributed by atoms with Crippen LogP contribution in [-0.2, 0) is 36.2 Å². The molecule has 8 heteroatoms. The van der Waals surface area contributed by atoms with Gasteiger partial charge in [-0.15, -0.1) is 11.6 Å². The smallest absolute Gasteiger partial charge is 0.460 e. The third-order valence-electron chi connectivity index (χ3n) is 3.40. The Morgan fingerprint density at radius 3 is 2.28 bits per heavy atom. The molecule has 0 radical (unpaired) electrons. The fourth-order valence-corrected chi connectivity index (χ4v) is 1.86. The van der Waals surface area contributed by atoms with Crippen LogP contribution in [0.25, 0.3) is 0 Å². The highest BCUT2D eigenvalue weighted by atomic mass is 35.5. The van der Waals surface area contributed by atoms with Crippen molar-refractivity contribution in [1.29, 1.82) is 0 Å². The summed E-state index contributed by atoms with van der Waals surface area (Å²) in [5.74, 6) is -0.276. The third-order valence-corrected chi connectivity index (χ3v) is 3.71. The highest BCUT2D eigenvalue weighted by Gasteiger charge is 2.36. The van der Waals surface area contributed by atoms with Gasteiger partial charge in [-0.3, -0.25) is 4.79 Å². The molecule has 0 heterocycles. The molecule has 0 aliphatic heterocycles. The molecule has 1 aromatic rings. The molecule has 7 nitrogen and oxygen atoms in total. The maximum Gasteiger partial charge on any atom is 0.508 e. The van der Waals surface area contributed by atoms with Gasteiger partial charge in [-0.1, -0.05) is 24.3 Å². The summed E-state index contributed by atoms with van der Waals surface area (Å²) in [6.07, 6.45) is -0.943. The van der Waals surface area contributed by atoms with E-state index in [0.717, 1.165) is 11.1 Å². The van der Waals surface area contributed by atoms with E-state index in [1.54, 1.807) is 12.1 Å². The summed E-state index contributed by atoms with van der Waals surface area (Å²) in [6, 6.07) is 7.26. The summed E-state index contributed by atoms with van der Waals surface area (Å²) in [6.45, 7) is 0.843. The topological polar surface area (TPSA) is 91.3 Å². The number of rotatable bonds is 10. The average molecular weight is 375 g/mol. The van der Waals surface area contributed by atoms with E-state index in [9.17, 15) is 14.7 Å². The Balaban J connectivity index is 2.49. The van der Waals surface area contributed by atoms with E-state index in [-0.39, 0.29) is 26.4 Å². The van der Waals surface area contributed by atoms with Gasteiger partial charge in [-0.05, 0) is 18.1 Å². The van der Waals surface area contributed by atoms with Crippen LogP contribution in [0.5, 0.6) is 0 Å². The van der Waals surface area contributed by atoms with Crippen LogP contribution in [0.1, 0.15) is 18.1 Å². The summed E-state index contributed by atoms with van der Waals surface area (Å²) < 4.78 is 19.5. The highest BCUT2D eigenvalue weighted by Crippen LogP contribution is 2.20. The Morgan fingerprint density at radius 2 is 1.72 bits per heavy atom. The Morgan fingerprint density at radius 1 is 1.08 bits per heavy atom. The SMILES string of the molecule is COCCOC(=O)OCC(C)(CO)C(=O)OCc1ccc(CCl)cc1. The Labute approximate surface area is 151 Å². The number of ether oxygens (including phenoxy) is 4. The van der Waals surface area contributed by atoms with Crippen LogP contribution in [0.2, 0.25) is 0 Å². The zero-order valence-electron chi connectivity index (χ0n) is 14.3. The first kappa shape index (κ1) is 21.2. The second-order valence-corrected chi connectivity index (χ2v) is 5.89. The molecule has 25 heavy (non-hydrogen) atoms. The van der Waals surface area contributed by atoms with Crippen LogP contribution in [-0.4, -0.2) is 50.8 Å². The van der Waals surface area contributed by atoms with Crippen LogP contribution >= 0.6 is 11.6 Å². The Hall–Kier alpha value is -1.83. The summed E-state index contributed by atoms with van der Waals surface area (Å²) in [7, 11) is 1.47. The molecule has 1 unspecified atom stereocenters. The molecule has 1 atom stereocenters. The minimum atomic E-state index is -1.38. The minimum Gasteiger partial charge on any atom is -0.460 e. The molecule has 140 valence electrons. The predicted octanol–water partition coefficient (Wildman–Crippen LogP) is 2.27. The van der Waals surface area contributed by atoms with Gasteiger partial charge in [0.05, 0.1) is 13.2 Å². The number of hydrogen-bond donors (Lipinski definition) is 1. The maximum absolute atomic E-state index is 12.2. The van der Waals surface area contributed by atoms with Crippen molar-refractivity contribution in [2.45, 2.75) is 19.4 Å². The average Bonchev–Trinajstić information content (AvgIpc) is 2.64. The van der Waals surface area contributed by atoms with Gasteiger partial charge in [0.25, 0.3) is 0 Å². The number of carbonyl (C=O) groups excluding carboxylic acids is 2. The molecule has 0 aliphatic rings. The van der Waals surface area contributed by atoms with Crippen LogP contribution in [0, 0.1) is 5.41 Å². The first-order valence-corrected chi connectivity index (χ1v) is 8.19. The first-order chi connectivity index (χ1) is 11.9. The van der Waals surface area contributed by atoms with Gasteiger partial charge in [0, 0.05) is 13.0 Å². The quantitative estimate of drug-likeness (QED) is 0.381. The van der Waals surface area contributed by atoms with E-state index in [0.29, 0.717) is 5.88 Å². The van der Waals surface area contributed by atoms with Crippen LogP contribution in [0.3, 0.4) is 0 Å². The second-order valence-electron chi connectivity index (χ2n) is 5.62. The van der Waals surface area contributed by atoms with E-state index in [1.807, 2.05) is 12.1 Å². The van der Waals surface area contributed by atoms with E-state index in [2.05, 4.69) is 0 Å². The number of esters is 1. The second kappa shape index (κ2) is 10.9. The molecule has 1 N–H and O–H groups in total. The zero-order chi connectivity index (χ0) is 18.7. The van der Waals surface area contributed by atoms with E-state index in [1.165, 1.54) is 14.0 Å². The fourth-order valence-electron chi connectivity index (χ4n) is 1.69. The summed E-state index contributed by atoms with van der Waals surface area (Å²) in [4.78, 5) is 23.6. The van der Waals surface area contributed by atoms with Crippen LogP contribution in [0.4, 0.5) is 4.79 Å². The lowest BCUT2D eigenvalue weighted by molar-refractivity contribution is -0.162. The summed E-state index contributed by atoms with van der Waals surface area (Å²) in [5, 5.41) is 9.48. The highest BCUT2D eigenvalue weighted by molar-refractivity contribution is 6.17. The molecule has 1 rings (SSSR count). The number of halogens is 1. The van der Waals surface area contributed by atoms with Gasteiger partial charge >= 0.3 is 12.1 Å². The lowest BCUT2D eigenvalue weighted by Gasteiger charge is -2.24. The van der Waals surface area contributed by atoms with Gasteiger partial charge in [0.2, 0.25) is 0 Å². The third kappa shape index (κ3) is 7.29. The van der Waals surface area contributed by atoms with Crippen molar-refractivity contribution in [1.82, 2.24) is 0 Å². The normalized spacial score (nSPS) is 13.0. The Kier molecular flexibility index (Phi) is 9.26. The molecule has 0 spiro atoms. The standard InChI is InChI=1S/C17H23ClO7/c1-17(11-19,12-25-16(21)23-8-7-22-2)15(20)24-10-14-5-3-13(9-18)4-6-14/h3-6,19H,7-12H2,1-2H3. The van der Waals surface area contributed by atoms with Gasteiger partial charge in [-0.2, -0.15) is 0 Å². The van der Waals surface area contributed by atoms with Gasteiger partial charge in [0.1, 0.15) is 25.2 Å². The molecule has 0 fully saturated rings. The lowest BCUT2D eigenvalue weighted by Crippen LogP contribution is -2.39. The molecular weight excluding hydrogens is 352 g/mol.